The van der Waals surface area contributed by atoms with Crippen LogP contribution in [0.5, 0.6) is 5.75 Å². The second kappa shape index (κ2) is 5.14. The summed E-state index contributed by atoms with van der Waals surface area (Å²) in [7, 11) is 1.40. The van der Waals surface area contributed by atoms with E-state index in [-0.39, 0.29) is 18.1 Å². The Labute approximate surface area is 99.7 Å². The largest absolute Gasteiger partial charge is 0.492 e. The predicted octanol–water partition coefficient (Wildman–Crippen LogP) is 2.54. The Bertz CT molecular complexity index is 449. The Kier molecular flexibility index (Phi) is 4.36. The summed E-state index contributed by atoms with van der Waals surface area (Å²) in [5, 5.41) is 0. The summed E-state index contributed by atoms with van der Waals surface area (Å²) in [5.41, 5.74) is 0. The molecule has 1 aromatic rings. The lowest BCUT2D eigenvalue weighted by Crippen LogP contribution is -2.08. The third kappa shape index (κ3) is 4.81. The lowest BCUT2D eigenvalue weighted by atomic mass is 10.3. The van der Waals surface area contributed by atoms with Gasteiger partial charge in [-0.25, -0.2) is 12.8 Å². The van der Waals surface area contributed by atoms with Crippen LogP contribution in [0.2, 0.25) is 0 Å². The SMILES string of the molecule is O=S(=O)(Cl)CCOc1ccc(Br)c(F)c1. The van der Waals surface area contributed by atoms with E-state index >= 15 is 0 Å². The summed E-state index contributed by atoms with van der Waals surface area (Å²) < 4.78 is 39.4. The first-order chi connectivity index (χ1) is 6.88. The van der Waals surface area contributed by atoms with Crippen molar-refractivity contribution in [2.45, 2.75) is 0 Å². The van der Waals surface area contributed by atoms with E-state index in [1.807, 2.05) is 0 Å². The van der Waals surface area contributed by atoms with Crippen molar-refractivity contribution in [3.05, 3.63) is 28.5 Å². The molecule has 0 aromatic heterocycles. The van der Waals surface area contributed by atoms with E-state index < -0.39 is 14.9 Å². The van der Waals surface area contributed by atoms with Crippen LogP contribution >= 0.6 is 26.6 Å². The highest BCUT2D eigenvalue weighted by Gasteiger charge is 2.06. The molecule has 0 radical (unpaired) electrons. The number of ether oxygens (including phenoxy) is 1. The zero-order chi connectivity index (χ0) is 11.5. The Morgan fingerprint density at radius 1 is 1.47 bits per heavy atom. The molecule has 0 saturated heterocycles. The molecule has 0 unspecified atom stereocenters. The molecule has 0 aliphatic carbocycles. The molecule has 1 aromatic carbocycles. The molecule has 3 nitrogen and oxygen atoms in total. The van der Waals surface area contributed by atoms with Crippen molar-refractivity contribution >= 4 is 35.7 Å². The van der Waals surface area contributed by atoms with Crippen molar-refractivity contribution in [3.63, 3.8) is 0 Å². The van der Waals surface area contributed by atoms with E-state index in [0.717, 1.165) is 6.07 Å². The molecule has 0 atom stereocenters. The topological polar surface area (TPSA) is 43.4 Å². The van der Waals surface area contributed by atoms with Crippen molar-refractivity contribution in [2.75, 3.05) is 12.4 Å². The molecule has 0 spiro atoms. The molecule has 7 heteroatoms. The molecule has 0 heterocycles. The van der Waals surface area contributed by atoms with E-state index in [1.165, 1.54) is 12.1 Å². The molecule has 0 amide bonds. The molecule has 0 saturated carbocycles. The van der Waals surface area contributed by atoms with E-state index in [0.29, 0.717) is 4.47 Å². The van der Waals surface area contributed by atoms with Crippen LogP contribution in [0.15, 0.2) is 22.7 Å². The fraction of sp³-hybridized carbons (Fsp3) is 0.250. The maximum absolute atomic E-state index is 13.0. The summed E-state index contributed by atoms with van der Waals surface area (Å²) in [4.78, 5) is 0. The van der Waals surface area contributed by atoms with Crippen LogP contribution in [0.4, 0.5) is 4.39 Å². The Morgan fingerprint density at radius 2 is 2.13 bits per heavy atom. The van der Waals surface area contributed by atoms with Crippen LogP contribution < -0.4 is 4.74 Å². The highest BCUT2D eigenvalue weighted by Crippen LogP contribution is 2.20. The minimum Gasteiger partial charge on any atom is -0.492 e. The number of benzene rings is 1. The first kappa shape index (κ1) is 12.7. The Hall–Kier alpha value is -0.330. The van der Waals surface area contributed by atoms with Crippen molar-refractivity contribution in [2.24, 2.45) is 0 Å². The predicted molar refractivity (Wildman–Crippen MR) is 59.2 cm³/mol. The van der Waals surface area contributed by atoms with Crippen molar-refractivity contribution < 1.29 is 17.5 Å². The number of rotatable bonds is 4. The van der Waals surface area contributed by atoms with Gasteiger partial charge in [-0.05, 0) is 28.1 Å². The Morgan fingerprint density at radius 3 is 2.67 bits per heavy atom. The molecular formula is C8H7BrClFO3S. The minimum atomic E-state index is -3.57. The molecule has 0 aliphatic heterocycles. The van der Waals surface area contributed by atoms with Gasteiger partial charge < -0.3 is 4.74 Å². The molecule has 0 N–H and O–H groups in total. The lowest BCUT2D eigenvalue weighted by Gasteiger charge is -2.04. The van der Waals surface area contributed by atoms with Gasteiger partial charge >= 0.3 is 0 Å². The third-order valence-corrected chi connectivity index (χ3v) is 3.25. The molecule has 84 valence electrons. The maximum Gasteiger partial charge on any atom is 0.235 e. The lowest BCUT2D eigenvalue weighted by molar-refractivity contribution is 0.339. The van der Waals surface area contributed by atoms with Gasteiger partial charge in [-0.15, -0.1) is 0 Å². The molecule has 1 rings (SSSR count). The van der Waals surface area contributed by atoms with Gasteiger partial charge in [0.15, 0.2) is 0 Å². The van der Waals surface area contributed by atoms with Gasteiger partial charge in [0.05, 0.1) is 10.2 Å². The van der Waals surface area contributed by atoms with Gasteiger partial charge in [-0.3, -0.25) is 0 Å². The molecule has 0 aliphatic rings. The fourth-order valence-electron chi connectivity index (χ4n) is 0.826. The van der Waals surface area contributed by atoms with Crippen LogP contribution in [0.1, 0.15) is 0 Å². The van der Waals surface area contributed by atoms with Crippen molar-refractivity contribution in [1.82, 2.24) is 0 Å². The average molecular weight is 318 g/mol. The molecule has 15 heavy (non-hydrogen) atoms. The fourth-order valence-corrected chi connectivity index (χ4v) is 1.54. The van der Waals surface area contributed by atoms with Crippen LogP contribution in [0, 0.1) is 5.82 Å². The van der Waals surface area contributed by atoms with Crippen LogP contribution in [-0.2, 0) is 9.05 Å². The molecular weight excluding hydrogens is 311 g/mol. The Balaban J connectivity index is 2.55. The standard InChI is InChI=1S/C8H7BrClFO3S/c9-7-2-1-6(5-8(7)11)14-3-4-15(10,12)13/h1-2,5H,3-4H2. The van der Waals surface area contributed by atoms with Gasteiger partial charge in [0.2, 0.25) is 9.05 Å². The summed E-state index contributed by atoms with van der Waals surface area (Å²) in [6.45, 7) is -0.104. The van der Waals surface area contributed by atoms with Crippen molar-refractivity contribution in [1.29, 1.82) is 0 Å². The van der Waals surface area contributed by atoms with E-state index in [4.69, 9.17) is 15.4 Å². The quantitative estimate of drug-likeness (QED) is 0.802. The van der Waals surface area contributed by atoms with Gasteiger partial charge in [-0.1, -0.05) is 0 Å². The normalized spacial score (nSPS) is 11.4. The van der Waals surface area contributed by atoms with Crippen LogP contribution in [0.25, 0.3) is 0 Å². The highest BCUT2D eigenvalue weighted by atomic mass is 79.9. The first-order valence-corrected chi connectivity index (χ1v) is 7.16. The van der Waals surface area contributed by atoms with Crippen molar-refractivity contribution in [3.8, 4) is 5.75 Å². The summed E-state index contributed by atoms with van der Waals surface area (Å²) in [6.07, 6.45) is 0. The maximum atomic E-state index is 13.0. The van der Waals surface area contributed by atoms with Gasteiger partial charge in [0.1, 0.15) is 18.2 Å². The zero-order valence-corrected chi connectivity index (χ0v) is 10.6. The molecule has 0 fully saturated rings. The first-order valence-electron chi connectivity index (χ1n) is 3.89. The van der Waals surface area contributed by atoms with Gasteiger partial charge in [-0.2, -0.15) is 0 Å². The number of hydrogen-bond donors (Lipinski definition) is 0. The smallest absolute Gasteiger partial charge is 0.235 e. The minimum absolute atomic E-state index is 0.104. The van der Waals surface area contributed by atoms with Crippen LogP contribution in [0.3, 0.4) is 0 Å². The second-order valence-corrected chi connectivity index (χ2v) is 6.42. The van der Waals surface area contributed by atoms with E-state index in [1.54, 1.807) is 0 Å². The van der Waals surface area contributed by atoms with Gasteiger partial charge in [0, 0.05) is 16.7 Å². The van der Waals surface area contributed by atoms with E-state index in [9.17, 15) is 12.8 Å². The van der Waals surface area contributed by atoms with Gasteiger partial charge in [0.25, 0.3) is 0 Å². The zero-order valence-electron chi connectivity index (χ0n) is 7.41. The van der Waals surface area contributed by atoms with E-state index in [2.05, 4.69) is 15.9 Å². The number of halogens is 3. The third-order valence-electron chi connectivity index (χ3n) is 1.49. The summed E-state index contributed by atoms with van der Waals surface area (Å²) >= 11 is 2.98. The summed E-state index contributed by atoms with van der Waals surface area (Å²) in [5.74, 6) is -0.524. The summed E-state index contributed by atoms with van der Waals surface area (Å²) in [6, 6.07) is 4.15. The number of hydrogen-bond acceptors (Lipinski definition) is 3. The van der Waals surface area contributed by atoms with Crippen LogP contribution in [-0.4, -0.2) is 20.8 Å². The molecule has 0 bridgehead atoms. The highest BCUT2D eigenvalue weighted by molar-refractivity contribution is 9.10. The second-order valence-electron chi connectivity index (χ2n) is 2.67. The average Bonchev–Trinajstić information content (AvgIpc) is 2.09. The monoisotopic (exact) mass is 316 g/mol.